The predicted octanol–water partition coefficient (Wildman–Crippen LogP) is -6.88. The molecule has 0 saturated heterocycles. The van der Waals surface area contributed by atoms with E-state index in [1.54, 1.807) is 0 Å². The zero-order valence-electron chi connectivity index (χ0n) is 0.500. The van der Waals surface area contributed by atoms with Crippen molar-refractivity contribution in [2.75, 3.05) is 0 Å². The number of hydrogen-bond acceptors (Lipinski definition) is 0. The van der Waals surface area contributed by atoms with E-state index in [9.17, 15) is 0 Å². The van der Waals surface area contributed by atoms with Crippen LogP contribution >= 0.6 is 0 Å². The van der Waals surface area contributed by atoms with Crippen molar-refractivity contribution >= 4 is 70.4 Å². The van der Waals surface area contributed by atoms with Crippen molar-refractivity contribution in [3.8, 4) is 0 Å². The first-order valence-electron chi connectivity index (χ1n) is 0. The van der Waals surface area contributed by atoms with Crippen molar-refractivity contribution in [1.82, 2.24) is 0 Å². The summed E-state index contributed by atoms with van der Waals surface area (Å²) >= 11 is 0. The minimum atomic E-state index is 0. The van der Waals surface area contributed by atoms with E-state index < -0.39 is 0 Å². The van der Waals surface area contributed by atoms with Gasteiger partial charge in [0.1, 0.15) is 0 Å². The van der Waals surface area contributed by atoms with Crippen molar-refractivity contribution in [3.05, 3.63) is 0 Å². The molecule has 0 aliphatic rings. The van der Waals surface area contributed by atoms with Crippen molar-refractivity contribution in [3.63, 3.8) is 0 Å². The molecule has 0 atom stereocenters. The minimum Gasteiger partial charge on any atom is 4.00 e. The smallest absolute Gasteiger partial charge is 4.00 e. The second kappa shape index (κ2) is 27.7. The minimum absolute atomic E-state index is 0. The zero-order valence-corrected chi connectivity index (χ0v) is 2.96. The molecule has 0 aliphatic heterocycles. The maximum Gasteiger partial charge on any atom is 4.00 e. The Kier molecular flexibility index (Phi) is 238. The SMILES string of the molecule is [GeH5-].[GeH5-].[GeH5-].[GeH5-].[Zr+4]. The van der Waals surface area contributed by atoms with Gasteiger partial charge in [-0.15, -0.1) is 0 Å². The summed E-state index contributed by atoms with van der Waals surface area (Å²) in [4.78, 5) is 0. The molecule has 0 nitrogen and oxygen atoms in total. The summed E-state index contributed by atoms with van der Waals surface area (Å²) in [7, 11) is 0. The van der Waals surface area contributed by atoms with Crippen molar-refractivity contribution in [2.45, 2.75) is 0 Å². The first-order chi connectivity index (χ1) is 0. The van der Waals surface area contributed by atoms with Crippen LogP contribution in [0.1, 0.15) is 0 Å². The van der Waals surface area contributed by atoms with E-state index in [-0.39, 0.29) is 96.6 Å². The molecule has 5 heteroatoms. The van der Waals surface area contributed by atoms with Gasteiger partial charge in [-0.05, 0) is 0 Å². The van der Waals surface area contributed by atoms with Crippen LogP contribution in [0.4, 0.5) is 0 Å². The van der Waals surface area contributed by atoms with Crippen LogP contribution in [0.15, 0.2) is 0 Å². The van der Waals surface area contributed by atoms with Gasteiger partial charge >= 0.3 is 96.6 Å². The summed E-state index contributed by atoms with van der Waals surface area (Å²) in [6.07, 6.45) is 0. The zero-order chi connectivity index (χ0) is 0. The van der Waals surface area contributed by atoms with Gasteiger partial charge < -0.3 is 0 Å². The Morgan fingerprint density at radius 2 is 0.400 bits per heavy atom. The van der Waals surface area contributed by atoms with Gasteiger partial charge in [0.05, 0.1) is 0 Å². The van der Waals surface area contributed by atoms with Crippen LogP contribution in [0.5, 0.6) is 0 Å². The monoisotopic (exact) mass is 406 g/mol. The van der Waals surface area contributed by atoms with Gasteiger partial charge in [-0.1, -0.05) is 0 Å². The molecule has 0 aliphatic carbocycles. The molecule has 0 aromatic rings. The van der Waals surface area contributed by atoms with E-state index in [0.29, 0.717) is 0 Å². The first-order valence-corrected chi connectivity index (χ1v) is 0. The molecule has 0 rings (SSSR count). The molecular weight excluding hydrogens is 382 g/mol. The fraction of sp³-hybridized carbons (Fsp3) is 0. The first kappa shape index (κ1) is 43.0. The van der Waals surface area contributed by atoms with Gasteiger partial charge in [0, 0.05) is 0 Å². The third kappa shape index (κ3) is 19.3. The van der Waals surface area contributed by atoms with Crippen LogP contribution in [-0.4, -0.2) is 70.4 Å². The molecule has 0 radical (unpaired) electrons. The molecule has 0 amide bonds. The van der Waals surface area contributed by atoms with Gasteiger partial charge in [0.25, 0.3) is 0 Å². The second-order valence-electron chi connectivity index (χ2n) is 0. The molecule has 0 spiro atoms. The largest absolute Gasteiger partial charge is 4.00 e. The summed E-state index contributed by atoms with van der Waals surface area (Å²) in [6, 6.07) is 0. The Hall–Kier alpha value is 3.05. The Bertz CT molecular complexity index is 3.61. The standard InChI is InChI=1S/4GeH5.Zr/h4*1H5;/q4*-1;+4. The van der Waals surface area contributed by atoms with Gasteiger partial charge in [0.2, 0.25) is 0 Å². The fourth-order valence-corrected chi connectivity index (χ4v) is 0. The van der Waals surface area contributed by atoms with E-state index in [4.69, 9.17) is 0 Å². The maximum atomic E-state index is 0. The van der Waals surface area contributed by atoms with Gasteiger partial charge in [0.15, 0.2) is 0 Å². The summed E-state index contributed by atoms with van der Waals surface area (Å²) in [5.74, 6) is 0. The molecule has 40 valence electrons. The van der Waals surface area contributed by atoms with Gasteiger partial charge in [-0.3, -0.25) is 0 Å². The summed E-state index contributed by atoms with van der Waals surface area (Å²) < 4.78 is 0. The summed E-state index contributed by atoms with van der Waals surface area (Å²) in [5.41, 5.74) is 0. The molecule has 0 saturated carbocycles. The topological polar surface area (TPSA) is 0 Å². The molecule has 0 bridgehead atoms. The van der Waals surface area contributed by atoms with Crippen LogP contribution in [-0.2, 0) is 26.2 Å². The molecular formula is H20Ge4Zr. The fourth-order valence-electron chi connectivity index (χ4n) is 0. The Morgan fingerprint density at radius 3 is 0.400 bits per heavy atom. The van der Waals surface area contributed by atoms with E-state index in [1.165, 1.54) is 0 Å². The molecule has 0 fully saturated rings. The maximum absolute atomic E-state index is 0. The Balaban J connectivity index is 0. The van der Waals surface area contributed by atoms with Crippen molar-refractivity contribution in [1.29, 1.82) is 0 Å². The van der Waals surface area contributed by atoms with Crippen molar-refractivity contribution in [2.24, 2.45) is 0 Å². The van der Waals surface area contributed by atoms with Gasteiger partial charge in [-0.2, -0.15) is 0 Å². The quantitative estimate of drug-likeness (QED) is 0.354. The molecule has 0 aromatic carbocycles. The molecule has 0 unspecified atom stereocenters. The number of hydrogen-bond donors (Lipinski definition) is 0. The van der Waals surface area contributed by atoms with Crippen LogP contribution in [0.3, 0.4) is 0 Å². The third-order valence-electron chi connectivity index (χ3n) is 0. The van der Waals surface area contributed by atoms with Crippen LogP contribution in [0.2, 0.25) is 0 Å². The van der Waals surface area contributed by atoms with E-state index in [1.807, 2.05) is 0 Å². The average molecular weight is 402 g/mol. The molecule has 5 heavy (non-hydrogen) atoms. The number of rotatable bonds is 0. The summed E-state index contributed by atoms with van der Waals surface area (Å²) in [6.45, 7) is 0. The van der Waals surface area contributed by atoms with Gasteiger partial charge in [-0.25, -0.2) is 0 Å². The predicted molar refractivity (Wildman–Crippen MR) is 50.9 cm³/mol. The summed E-state index contributed by atoms with van der Waals surface area (Å²) in [5, 5.41) is 0. The Labute approximate surface area is 95.0 Å². The van der Waals surface area contributed by atoms with E-state index in [2.05, 4.69) is 0 Å². The van der Waals surface area contributed by atoms with Crippen LogP contribution < -0.4 is 0 Å². The average Bonchev–Trinajstić information content (AvgIpc) is 0. The third-order valence-corrected chi connectivity index (χ3v) is 0. The normalized spacial score (nSPS) is 0. The van der Waals surface area contributed by atoms with Crippen LogP contribution in [0, 0.1) is 0 Å². The van der Waals surface area contributed by atoms with Crippen LogP contribution in [0.25, 0.3) is 0 Å². The molecule has 0 heterocycles. The Morgan fingerprint density at radius 1 is 0.400 bits per heavy atom. The van der Waals surface area contributed by atoms with E-state index >= 15 is 0 Å². The molecule has 0 N–H and O–H groups in total. The second-order valence-corrected chi connectivity index (χ2v) is 0. The molecule has 0 aromatic heterocycles. The van der Waals surface area contributed by atoms with E-state index in [0.717, 1.165) is 0 Å². The van der Waals surface area contributed by atoms with Crippen molar-refractivity contribution < 1.29 is 26.2 Å².